The largest absolute Gasteiger partial charge is 0.465 e. The molecule has 3 nitrogen and oxygen atoms in total. The van der Waals surface area contributed by atoms with Crippen molar-refractivity contribution in [1.29, 1.82) is 0 Å². The molecule has 0 amide bonds. The van der Waals surface area contributed by atoms with Crippen LogP contribution in [-0.4, -0.2) is 19.1 Å². The minimum atomic E-state index is -0.237. The van der Waals surface area contributed by atoms with E-state index in [2.05, 4.69) is 21.2 Å². The molecule has 0 aliphatic heterocycles. The highest BCUT2D eigenvalue weighted by molar-refractivity contribution is 9.10. The van der Waals surface area contributed by atoms with Gasteiger partial charge in [-0.3, -0.25) is 4.79 Å². The van der Waals surface area contributed by atoms with Crippen molar-refractivity contribution in [3.63, 3.8) is 0 Å². The first kappa shape index (κ1) is 13.0. The Morgan fingerprint density at radius 2 is 2.47 bits per heavy atom. The third-order valence-corrected chi connectivity index (χ3v) is 4.04. The van der Waals surface area contributed by atoms with Crippen molar-refractivity contribution in [1.82, 2.24) is 5.32 Å². The van der Waals surface area contributed by atoms with Crippen LogP contribution in [0.25, 0.3) is 0 Å². The molecule has 0 unspecified atom stereocenters. The van der Waals surface area contributed by atoms with Gasteiger partial charge in [0, 0.05) is 15.9 Å². The van der Waals surface area contributed by atoms with Gasteiger partial charge in [0.05, 0.1) is 13.2 Å². The molecule has 1 aromatic heterocycles. The summed E-state index contributed by atoms with van der Waals surface area (Å²) in [6.45, 7) is 3.04. The van der Waals surface area contributed by atoms with E-state index >= 15 is 0 Å². The van der Waals surface area contributed by atoms with Gasteiger partial charge in [-0.1, -0.05) is 11.6 Å². The van der Waals surface area contributed by atoms with Gasteiger partial charge in [0.1, 0.15) is 4.34 Å². The molecule has 0 saturated heterocycles. The Labute approximate surface area is 106 Å². The number of hydrogen-bond donors (Lipinski definition) is 1. The van der Waals surface area contributed by atoms with E-state index in [9.17, 15) is 4.79 Å². The fourth-order valence-electron chi connectivity index (χ4n) is 0.978. The lowest BCUT2D eigenvalue weighted by molar-refractivity contribution is -0.142. The zero-order chi connectivity index (χ0) is 11.3. The van der Waals surface area contributed by atoms with Crippen LogP contribution in [-0.2, 0) is 16.1 Å². The van der Waals surface area contributed by atoms with Crippen LogP contribution in [0.2, 0.25) is 4.34 Å². The molecule has 0 bridgehead atoms. The van der Waals surface area contributed by atoms with Crippen LogP contribution in [0.3, 0.4) is 0 Å². The standard InChI is InChI=1S/C9H11BrClNO2S/c1-2-14-8(13)5-12-4-6-3-7(10)9(11)15-6/h3,12H,2,4-5H2,1H3. The molecule has 15 heavy (non-hydrogen) atoms. The zero-order valence-electron chi connectivity index (χ0n) is 8.18. The molecular weight excluding hydrogens is 302 g/mol. The number of nitrogens with one attached hydrogen (secondary N) is 1. The molecule has 1 aromatic rings. The summed E-state index contributed by atoms with van der Waals surface area (Å²) in [6.07, 6.45) is 0. The fourth-order valence-corrected chi connectivity index (χ4v) is 2.74. The molecule has 0 saturated carbocycles. The van der Waals surface area contributed by atoms with Crippen molar-refractivity contribution in [2.45, 2.75) is 13.5 Å². The summed E-state index contributed by atoms with van der Waals surface area (Å²) >= 11 is 10.7. The lowest BCUT2D eigenvalue weighted by Crippen LogP contribution is -2.23. The Bertz CT molecular complexity index is 323. The molecule has 0 aliphatic rings. The van der Waals surface area contributed by atoms with Crippen molar-refractivity contribution in [3.05, 3.63) is 19.8 Å². The molecule has 0 aliphatic carbocycles. The van der Waals surface area contributed by atoms with E-state index in [-0.39, 0.29) is 12.5 Å². The normalized spacial score (nSPS) is 10.3. The maximum atomic E-state index is 11.0. The van der Waals surface area contributed by atoms with Gasteiger partial charge in [0.25, 0.3) is 0 Å². The van der Waals surface area contributed by atoms with E-state index in [1.807, 2.05) is 6.07 Å². The lowest BCUT2D eigenvalue weighted by atomic mass is 10.4. The van der Waals surface area contributed by atoms with Crippen LogP contribution >= 0.6 is 38.9 Å². The van der Waals surface area contributed by atoms with Gasteiger partial charge in [0.2, 0.25) is 0 Å². The van der Waals surface area contributed by atoms with E-state index in [4.69, 9.17) is 16.3 Å². The molecule has 0 spiro atoms. The fraction of sp³-hybridized carbons (Fsp3) is 0.444. The van der Waals surface area contributed by atoms with E-state index in [0.29, 0.717) is 13.2 Å². The van der Waals surface area contributed by atoms with Crippen LogP contribution < -0.4 is 5.32 Å². The monoisotopic (exact) mass is 311 g/mol. The minimum absolute atomic E-state index is 0.223. The summed E-state index contributed by atoms with van der Waals surface area (Å²) in [5, 5.41) is 2.98. The van der Waals surface area contributed by atoms with E-state index in [0.717, 1.165) is 13.7 Å². The van der Waals surface area contributed by atoms with E-state index in [1.165, 1.54) is 11.3 Å². The van der Waals surface area contributed by atoms with Crippen LogP contribution in [0, 0.1) is 0 Å². The summed E-state index contributed by atoms with van der Waals surface area (Å²) in [4.78, 5) is 12.1. The second-order valence-corrected chi connectivity index (χ2v) is 5.34. The molecule has 6 heteroatoms. The number of halogens is 2. The highest BCUT2D eigenvalue weighted by Gasteiger charge is 2.05. The van der Waals surface area contributed by atoms with Gasteiger partial charge in [-0.2, -0.15) is 0 Å². The molecule has 1 rings (SSSR count). The second kappa shape index (κ2) is 6.48. The van der Waals surface area contributed by atoms with Gasteiger partial charge in [-0.25, -0.2) is 0 Å². The second-order valence-electron chi connectivity index (χ2n) is 2.74. The average molecular weight is 313 g/mol. The minimum Gasteiger partial charge on any atom is -0.465 e. The number of carbonyl (C=O) groups excluding carboxylic acids is 1. The number of rotatable bonds is 5. The zero-order valence-corrected chi connectivity index (χ0v) is 11.3. The number of carbonyl (C=O) groups is 1. The number of ether oxygens (including phenoxy) is 1. The van der Waals surface area contributed by atoms with Crippen molar-refractivity contribution in [3.8, 4) is 0 Å². The molecule has 84 valence electrons. The molecule has 0 fully saturated rings. The quantitative estimate of drug-likeness (QED) is 0.850. The first-order chi connectivity index (χ1) is 7.13. The Kier molecular flexibility index (Phi) is 5.60. The summed E-state index contributed by atoms with van der Waals surface area (Å²) in [7, 11) is 0. The summed E-state index contributed by atoms with van der Waals surface area (Å²) < 4.78 is 6.39. The Morgan fingerprint density at radius 3 is 3.00 bits per heavy atom. The maximum absolute atomic E-state index is 11.0. The van der Waals surface area contributed by atoms with E-state index < -0.39 is 0 Å². The number of esters is 1. The van der Waals surface area contributed by atoms with Crippen molar-refractivity contribution in [2.75, 3.05) is 13.2 Å². The van der Waals surface area contributed by atoms with Crippen LogP contribution in [0.4, 0.5) is 0 Å². The van der Waals surface area contributed by atoms with Gasteiger partial charge < -0.3 is 10.1 Å². The molecule has 1 N–H and O–H groups in total. The van der Waals surface area contributed by atoms with Crippen molar-refractivity contribution < 1.29 is 9.53 Å². The Balaban J connectivity index is 2.28. The number of thiophene rings is 1. The molecular formula is C9H11BrClNO2S. The van der Waals surface area contributed by atoms with Crippen LogP contribution in [0.5, 0.6) is 0 Å². The smallest absolute Gasteiger partial charge is 0.319 e. The average Bonchev–Trinajstić information content (AvgIpc) is 2.46. The predicted octanol–water partition coefficient (Wildman–Crippen LogP) is 2.82. The molecule has 0 radical (unpaired) electrons. The molecule has 1 heterocycles. The highest BCUT2D eigenvalue weighted by atomic mass is 79.9. The Morgan fingerprint density at radius 1 is 1.73 bits per heavy atom. The van der Waals surface area contributed by atoms with Gasteiger partial charge in [0.15, 0.2) is 0 Å². The lowest BCUT2D eigenvalue weighted by Gasteiger charge is -2.02. The summed E-state index contributed by atoms with van der Waals surface area (Å²) in [5.74, 6) is -0.237. The van der Waals surface area contributed by atoms with Crippen molar-refractivity contribution >= 4 is 44.8 Å². The maximum Gasteiger partial charge on any atom is 0.319 e. The highest BCUT2D eigenvalue weighted by Crippen LogP contribution is 2.31. The molecule has 0 aromatic carbocycles. The predicted molar refractivity (Wildman–Crippen MR) is 65.4 cm³/mol. The van der Waals surface area contributed by atoms with Crippen molar-refractivity contribution in [2.24, 2.45) is 0 Å². The van der Waals surface area contributed by atoms with E-state index in [1.54, 1.807) is 6.92 Å². The Hall–Kier alpha value is -0.100. The summed E-state index contributed by atoms with van der Waals surface area (Å²) in [5.41, 5.74) is 0. The van der Waals surface area contributed by atoms with Gasteiger partial charge in [-0.15, -0.1) is 11.3 Å². The van der Waals surface area contributed by atoms with Crippen LogP contribution in [0.1, 0.15) is 11.8 Å². The molecule has 0 atom stereocenters. The SMILES string of the molecule is CCOC(=O)CNCc1cc(Br)c(Cl)s1. The van der Waals surface area contributed by atoms with Gasteiger partial charge in [-0.05, 0) is 28.9 Å². The first-order valence-electron chi connectivity index (χ1n) is 4.43. The summed E-state index contributed by atoms with van der Waals surface area (Å²) in [6, 6.07) is 1.94. The number of hydrogen-bond acceptors (Lipinski definition) is 4. The third kappa shape index (κ3) is 4.51. The third-order valence-electron chi connectivity index (χ3n) is 1.57. The van der Waals surface area contributed by atoms with Gasteiger partial charge >= 0.3 is 5.97 Å². The first-order valence-corrected chi connectivity index (χ1v) is 6.42. The topological polar surface area (TPSA) is 38.3 Å². The van der Waals surface area contributed by atoms with Crippen LogP contribution in [0.15, 0.2) is 10.5 Å².